The summed E-state index contributed by atoms with van der Waals surface area (Å²) in [6.45, 7) is 6.99. The minimum absolute atomic E-state index is 0.0256. The maximum atomic E-state index is 12.0. The Balaban J connectivity index is 2.75. The molecule has 18 heavy (non-hydrogen) atoms. The molecule has 0 heterocycles. The molecular weight excluding hydrogens is 296 g/mol. The minimum atomic E-state index is -0.534. The highest BCUT2D eigenvalue weighted by atomic mass is 79.9. The van der Waals surface area contributed by atoms with Crippen molar-refractivity contribution >= 4 is 27.5 Å². The molecule has 1 atom stereocenters. The van der Waals surface area contributed by atoms with Crippen LogP contribution in [0.25, 0.3) is 0 Å². The highest BCUT2D eigenvalue weighted by molar-refractivity contribution is 9.10. The van der Waals surface area contributed by atoms with Gasteiger partial charge in [0.1, 0.15) is 5.75 Å². The van der Waals surface area contributed by atoms with E-state index in [0.717, 1.165) is 4.47 Å². The number of rotatable bonds is 5. The summed E-state index contributed by atoms with van der Waals surface area (Å²) >= 11 is 3.33. The molecule has 0 fully saturated rings. The summed E-state index contributed by atoms with van der Waals surface area (Å²) < 4.78 is 6.49. The van der Waals surface area contributed by atoms with Crippen LogP contribution in [-0.4, -0.2) is 30.0 Å². The van der Waals surface area contributed by atoms with Crippen LogP contribution >= 0.6 is 15.9 Å². The van der Waals surface area contributed by atoms with Crippen molar-refractivity contribution < 1.29 is 9.53 Å². The highest BCUT2D eigenvalue weighted by Gasteiger charge is 2.20. The van der Waals surface area contributed by atoms with Crippen LogP contribution < -0.4 is 10.5 Å². The summed E-state index contributed by atoms with van der Waals surface area (Å²) in [5.41, 5.74) is 6.35. The Morgan fingerprint density at radius 3 is 2.56 bits per heavy atom. The molecule has 1 amide bonds. The second kappa shape index (κ2) is 6.64. The zero-order chi connectivity index (χ0) is 13.7. The van der Waals surface area contributed by atoms with Gasteiger partial charge in [-0.25, -0.2) is 0 Å². The standard InChI is InChI=1S/C13H19BrN2O2/c1-4-16(5-2)13(17)9(3)18-12-7-6-10(14)8-11(12)15/h6-9H,4-5,15H2,1-3H3. The number of likely N-dealkylation sites (N-methyl/N-ethyl adjacent to an activating group) is 1. The molecule has 0 aliphatic rings. The number of carbonyl (C=O) groups excluding carboxylic acids is 1. The van der Waals surface area contributed by atoms with E-state index in [0.29, 0.717) is 24.5 Å². The predicted molar refractivity (Wildman–Crippen MR) is 76.6 cm³/mol. The average molecular weight is 315 g/mol. The van der Waals surface area contributed by atoms with Gasteiger partial charge in [0.25, 0.3) is 5.91 Å². The molecule has 1 unspecified atom stereocenters. The molecule has 0 spiro atoms. The number of nitrogens with two attached hydrogens (primary N) is 1. The van der Waals surface area contributed by atoms with Gasteiger partial charge in [0.2, 0.25) is 0 Å². The summed E-state index contributed by atoms with van der Waals surface area (Å²) in [5, 5.41) is 0. The largest absolute Gasteiger partial charge is 0.479 e. The Morgan fingerprint density at radius 2 is 2.06 bits per heavy atom. The molecule has 0 radical (unpaired) electrons. The highest BCUT2D eigenvalue weighted by Crippen LogP contribution is 2.26. The molecule has 2 N–H and O–H groups in total. The number of ether oxygens (including phenoxy) is 1. The van der Waals surface area contributed by atoms with Crippen LogP contribution in [0.3, 0.4) is 0 Å². The number of anilines is 1. The lowest BCUT2D eigenvalue weighted by atomic mass is 10.3. The Hall–Kier alpha value is -1.23. The van der Waals surface area contributed by atoms with Crippen LogP contribution in [0.5, 0.6) is 5.75 Å². The number of halogens is 1. The van der Waals surface area contributed by atoms with Crippen LogP contribution in [0.2, 0.25) is 0 Å². The first-order chi connectivity index (χ1) is 8.49. The maximum absolute atomic E-state index is 12.0. The quantitative estimate of drug-likeness (QED) is 0.850. The third-order valence-corrected chi connectivity index (χ3v) is 3.19. The predicted octanol–water partition coefficient (Wildman–Crippen LogP) is 2.67. The van der Waals surface area contributed by atoms with Gasteiger partial charge >= 0.3 is 0 Å². The Kier molecular flexibility index (Phi) is 5.47. The molecule has 0 bridgehead atoms. The Morgan fingerprint density at radius 1 is 1.44 bits per heavy atom. The van der Waals surface area contributed by atoms with Gasteiger partial charge in [0.15, 0.2) is 6.10 Å². The fourth-order valence-electron chi connectivity index (χ4n) is 1.66. The second-order valence-corrected chi connectivity index (χ2v) is 4.87. The zero-order valence-corrected chi connectivity index (χ0v) is 12.5. The minimum Gasteiger partial charge on any atom is -0.479 e. The van der Waals surface area contributed by atoms with Gasteiger partial charge in [0, 0.05) is 17.6 Å². The van der Waals surface area contributed by atoms with Crippen molar-refractivity contribution in [1.82, 2.24) is 4.90 Å². The van der Waals surface area contributed by atoms with E-state index in [4.69, 9.17) is 10.5 Å². The van der Waals surface area contributed by atoms with Gasteiger partial charge in [-0.05, 0) is 39.0 Å². The van der Waals surface area contributed by atoms with Gasteiger partial charge < -0.3 is 15.4 Å². The van der Waals surface area contributed by atoms with E-state index in [1.807, 2.05) is 19.9 Å². The molecule has 1 rings (SSSR count). The summed E-state index contributed by atoms with van der Waals surface area (Å²) in [4.78, 5) is 13.8. The lowest BCUT2D eigenvalue weighted by molar-refractivity contribution is -0.137. The fourth-order valence-corrected chi connectivity index (χ4v) is 2.04. The van der Waals surface area contributed by atoms with Gasteiger partial charge in [-0.15, -0.1) is 0 Å². The SMILES string of the molecule is CCN(CC)C(=O)C(C)Oc1ccc(Br)cc1N. The third-order valence-electron chi connectivity index (χ3n) is 2.70. The van der Waals surface area contributed by atoms with E-state index >= 15 is 0 Å². The first-order valence-corrected chi connectivity index (χ1v) is 6.79. The molecule has 0 aliphatic heterocycles. The van der Waals surface area contributed by atoms with Gasteiger partial charge in [-0.2, -0.15) is 0 Å². The van der Waals surface area contributed by atoms with Gasteiger partial charge in [-0.3, -0.25) is 4.79 Å². The summed E-state index contributed by atoms with van der Waals surface area (Å²) in [6, 6.07) is 5.34. The van der Waals surface area contributed by atoms with E-state index in [1.54, 1.807) is 24.0 Å². The molecule has 0 saturated heterocycles. The zero-order valence-electron chi connectivity index (χ0n) is 10.9. The third kappa shape index (κ3) is 3.63. The maximum Gasteiger partial charge on any atom is 0.263 e. The lowest BCUT2D eigenvalue weighted by Crippen LogP contribution is -2.40. The van der Waals surface area contributed by atoms with E-state index in [1.165, 1.54) is 0 Å². The van der Waals surface area contributed by atoms with Gasteiger partial charge in [0.05, 0.1) is 5.69 Å². The van der Waals surface area contributed by atoms with Crippen LogP contribution in [0, 0.1) is 0 Å². The molecule has 1 aromatic rings. The molecule has 0 aromatic heterocycles. The smallest absolute Gasteiger partial charge is 0.263 e. The van der Waals surface area contributed by atoms with Crippen LogP contribution in [0.1, 0.15) is 20.8 Å². The normalized spacial score (nSPS) is 12.0. The number of carbonyl (C=O) groups is 1. The van der Waals surface area contributed by atoms with Crippen molar-refractivity contribution in [3.63, 3.8) is 0 Å². The Labute approximate surface area is 116 Å². The van der Waals surface area contributed by atoms with Crippen molar-refractivity contribution in [2.24, 2.45) is 0 Å². The average Bonchev–Trinajstić information content (AvgIpc) is 2.34. The molecule has 100 valence electrons. The van der Waals surface area contributed by atoms with E-state index in [2.05, 4.69) is 15.9 Å². The molecular formula is C13H19BrN2O2. The van der Waals surface area contributed by atoms with Crippen LogP contribution in [-0.2, 0) is 4.79 Å². The van der Waals surface area contributed by atoms with E-state index in [9.17, 15) is 4.79 Å². The molecule has 1 aromatic carbocycles. The topological polar surface area (TPSA) is 55.6 Å². The first kappa shape index (κ1) is 14.8. The van der Waals surface area contributed by atoms with E-state index in [-0.39, 0.29) is 5.91 Å². The summed E-state index contributed by atoms with van der Waals surface area (Å²) in [5.74, 6) is 0.508. The van der Waals surface area contributed by atoms with Crippen molar-refractivity contribution in [2.45, 2.75) is 26.9 Å². The first-order valence-electron chi connectivity index (χ1n) is 6.00. The van der Waals surface area contributed by atoms with Crippen LogP contribution in [0.4, 0.5) is 5.69 Å². The molecule has 0 saturated carbocycles. The second-order valence-electron chi connectivity index (χ2n) is 3.95. The lowest BCUT2D eigenvalue weighted by Gasteiger charge is -2.23. The number of nitrogen functional groups attached to an aromatic ring is 1. The van der Waals surface area contributed by atoms with Crippen molar-refractivity contribution in [3.8, 4) is 5.75 Å². The molecule has 5 heteroatoms. The fraction of sp³-hybridized carbons (Fsp3) is 0.462. The molecule has 0 aliphatic carbocycles. The number of nitrogens with zero attached hydrogens (tertiary/aromatic N) is 1. The van der Waals surface area contributed by atoms with Crippen LogP contribution in [0.15, 0.2) is 22.7 Å². The number of amides is 1. The van der Waals surface area contributed by atoms with E-state index < -0.39 is 6.10 Å². The summed E-state index contributed by atoms with van der Waals surface area (Å²) in [6.07, 6.45) is -0.534. The van der Waals surface area contributed by atoms with Crippen molar-refractivity contribution in [2.75, 3.05) is 18.8 Å². The van der Waals surface area contributed by atoms with Gasteiger partial charge in [-0.1, -0.05) is 15.9 Å². The van der Waals surface area contributed by atoms with Crippen molar-refractivity contribution in [1.29, 1.82) is 0 Å². The summed E-state index contributed by atoms with van der Waals surface area (Å²) in [7, 11) is 0. The Bertz CT molecular complexity index is 419. The number of hydrogen-bond acceptors (Lipinski definition) is 3. The molecule has 4 nitrogen and oxygen atoms in total. The number of benzene rings is 1. The monoisotopic (exact) mass is 314 g/mol. The number of hydrogen-bond donors (Lipinski definition) is 1. The van der Waals surface area contributed by atoms with Crippen molar-refractivity contribution in [3.05, 3.63) is 22.7 Å².